The summed E-state index contributed by atoms with van der Waals surface area (Å²) < 4.78 is 0. The largest absolute Gasteiger partial charge is 0.390 e. The predicted molar refractivity (Wildman–Crippen MR) is 44.4 cm³/mol. The van der Waals surface area contributed by atoms with Gasteiger partial charge in [-0.25, -0.2) is 0 Å². The van der Waals surface area contributed by atoms with Gasteiger partial charge in [0.1, 0.15) is 0 Å². The second kappa shape index (κ2) is 10.9. The Morgan fingerprint density at radius 2 is 2.30 bits per heavy atom. The first-order chi connectivity index (χ1) is 4.41. The van der Waals surface area contributed by atoms with Crippen molar-refractivity contribution in [1.82, 2.24) is 10.2 Å². The quantitative estimate of drug-likeness (QED) is 0.429. The van der Waals surface area contributed by atoms with E-state index in [1.807, 2.05) is 6.07 Å². The minimum Gasteiger partial charge on any atom is -0.390 e. The van der Waals surface area contributed by atoms with Gasteiger partial charge in [-0.05, 0) is 6.07 Å². The summed E-state index contributed by atoms with van der Waals surface area (Å²) in [5.74, 6) is 0. The van der Waals surface area contributed by atoms with Gasteiger partial charge in [-0.15, -0.1) is 12.4 Å². The van der Waals surface area contributed by atoms with Crippen molar-refractivity contribution in [1.29, 1.82) is 0 Å². The highest BCUT2D eigenvalue weighted by molar-refractivity contribution is 5.85. The zero-order chi connectivity index (χ0) is 6.95. The molecular weight excluding hydrogens is 152 g/mol. The Hall–Kier alpha value is -1.03. The lowest BCUT2D eigenvalue weighted by molar-refractivity contribution is 1.09. The van der Waals surface area contributed by atoms with Gasteiger partial charge in [-0.2, -0.15) is 5.10 Å². The van der Waals surface area contributed by atoms with E-state index in [2.05, 4.69) is 15.2 Å². The van der Waals surface area contributed by atoms with Crippen LogP contribution in [-0.4, -0.2) is 23.6 Å². The molecule has 0 spiro atoms. The third-order valence-electron chi connectivity index (χ3n) is 0.555. The average molecular weight is 163 g/mol. The zero-order valence-corrected chi connectivity index (χ0v) is 6.51. The van der Waals surface area contributed by atoms with Crippen molar-refractivity contribution in [2.24, 2.45) is 10.7 Å². The van der Waals surface area contributed by atoms with Crippen LogP contribution in [0.4, 0.5) is 0 Å². The van der Waals surface area contributed by atoms with Crippen molar-refractivity contribution in [3.05, 3.63) is 18.5 Å². The third kappa shape index (κ3) is 10.1. The van der Waals surface area contributed by atoms with Crippen LogP contribution >= 0.6 is 12.4 Å². The van der Waals surface area contributed by atoms with Crippen molar-refractivity contribution in [2.45, 2.75) is 0 Å². The number of aromatic nitrogens is 2. The molecule has 0 fully saturated rings. The van der Waals surface area contributed by atoms with Crippen molar-refractivity contribution in [2.75, 3.05) is 7.05 Å². The van der Waals surface area contributed by atoms with E-state index in [1.165, 1.54) is 6.34 Å². The summed E-state index contributed by atoms with van der Waals surface area (Å²) >= 11 is 0. The second-order valence-corrected chi connectivity index (χ2v) is 1.17. The fraction of sp³-hybridized carbons (Fsp3) is 0.200. The van der Waals surface area contributed by atoms with Gasteiger partial charge in [0.2, 0.25) is 0 Å². The number of nitrogens with one attached hydrogen (secondary N) is 1. The Balaban J connectivity index is 0. The van der Waals surface area contributed by atoms with Crippen LogP contribution in [0.1, 0.15) is 0 Å². The number of hydrogen-bond donors (Lipinski definition) is 2. The molecule has 5 heteroatoms. The number of nitrogens with zero attached hydrogens (tertiary/aromatic N) is 2. The first kappa shape index (κ1) is 11.7. The minimum absolute atomic E-state index is 0. The van der Waals surface area contributed by atoms with E-state index in [4.69, 9.17) is 5.73 Å². The molecule has 0 saturated heterocycles. The van der Waals surface area contributed by atoms with Crippen LogP contribution < -0.4 is 5.73 Å². The average Bonchev–Trinajstić information content (AvgIpc) is 2.43. The van der Waals surface area contributed by atoms with E-state index in [9.17, 15) is 0 Å². The van der Waals surface area contributed by atoms with Gasteiger partial charge in [0.05, 0.1) is 6.34 Å². The van der Waals surface area contributed by atoms with Crippen LogP contribution in [0.2, 0.25) is 0 Å². The van der Waals surface area contributed by atoms with E-state index in [-0.39, 0.29) is 12.4 Å². The molecule has 0 saturated carbocycles. The molecule has 0 aliphatic carbocycles. The van der Waals surface area contributed by atoms with Crippen molar-refractivity contribution < 1.29 is 0 Å². The fourth-order valence-electron chi connectivity index (χ4n) is 0.215. The minimum atomic E-state index is 0. The molecule has 1 aromatic rings. The number of H-pyrrole nitrogens is 1. The summed E-state index contributed by atoms with van der Waals surface area (Å²) in [7, 11) is 1.62. The summed E-state index contributed by atoms with van der Waals surface area (Å²) in [5, 5.41) is 6.21. The summed E-state index contributed by atoms with van der Waals surface area (Å²) in [4.78, 5) is 3.39. The van der Waals surface area contributed by atoms with Crippen LogP contribution in [0.25, 0.3) is 0 Å². The van der Waals surface area contributed by atoms with Crippen molar-refractivity contribution >= 4 is 18.7 Å². The smallest absolute Gasteiger partial charge is 0.0794 e. The Morgan fingerprint density at radius 3 is 2.40 bits per heavy atom. The van der Waals surface area contributed by atoms with Gasteiger partial charge in [0.25, 0.3) is 0 Å². The highest BCUT2D eigenvalue weighted by Gasteiger charge is 1.56. The number of hydrogen-bond acceptors (Lipinski definition) is 2. The van der Waals surface area contributed by atoms with Gasteiger partial charge in [0, 0.05) is 19.4 Å². The molecule has 0 atom stereocenters. The molecule has 0 aliphatic rings. The molecular formula is C5H11ClN4. The molecule has 58 valence electrons. The molecule has 10 heavy (non-hydrogen) atoms. The van der Waals surface area contributed by atoms with Crippen LogP contribution in [0, 0.1) is 0 Å². The SMILES string of the molecule is CN=CN.Cl.c1cn[nH]c1. The first-order valence-electron chi connectivity index (χ1n) is 2.48. The summed E-state index contributed by atoms with van der Waals surface area (Å²) in [6.45, 7) is 0. The maximum Gasteiger partial charge on any atom is 0.0794 e. The Morgan fingerprint density at radius 1 is 1.70 bits per heavy atom. The van der Waals surface area contributed by atoms with E-state index in [1.54, 1.807) is 19.4 Å². The topological polar surface area (TPSA) is 67.1 Å². The summed E-state index contributed by atoms with van der Waals surface area (Å²) in [5.41, 5.74) is 4.74. The second-order valence-electron chi connectivity index (χ2n) is 1.17. The Labute approximate surface area is 66.0 Å². The number of aliphatic imine (C=N–C) groups is 1. The molecule has 1 rings (SSSR count). The van der Waals surface area contributed by atoms with Crippen LogP contribution in [-0.2, 0) is 0 Å². The first-order valence-corrected chi connectivity index (χ1v) is 2.48. The van der Waals surface area contributed by atoms with Crippen molar-refractivity contribution in [3.8, 4) is 0 Å². The van der Waals surface area contributed by atoms with E-state index in [0.717, 1.165) is 0 Å². The molecule has 0 aliphatic heterocycles. The van der Waals surface area contributed by atoms with Crippen LogP contribution in [0.5, 0.6) is 0 Å². The number of rotatable bonds is 0. The predicted octanol–water partition coefficient (Wildman–Crippen LogP) is 0.435. The molecule has 0 unspecified atom stereocenters. The van der Waals surface area contributed by atoms with E-state index < -0.39 is 0 Å². The Kier molecular flexibility index (Phi) is 12.7. The monoisotopic (exact) mass is 162 g/mol. The van der Waals surface area contributed by atoms with E-state index >= 15 is 0 Å². The lowest BCUT2D eigenvalue weighted by atomic mass is 10.8. The third-order valence-corrected chi connectivity index (χ3v) is 0.555. The normalized spacial score (nSPS) is 7.70. The fourth-order valence-corrected chi connectivity index (χ4v) is 0.215. The molecule has 3 N–H and O–H groups in total. The van der Waals surface area contributed by atoms with E-state index in [0.29, 0.717) is 0 Å². The number of halogens is 1. The van der Waals surface area contributed by atoms with Gasteiger partial charge < -0.3 is 5.73 Å². The van der Waals surface area contributed by atoms with Crippen LogP contribution in [0.15, 0.2) is 23.5 Å². The number of nitrogens with two attached hydrogens (primary N) is 1. The van der Waals surface area contributed by atoms with Crippen LogP contribution in [0.3, 0.4) is 0 Å². The van der Waals surface area contributed by atoms with Gasteiger partial charge in [0.15, 0.2) is 0 Å². The summed E-state index contributed by atoms with van der Waals surface area (Å²) in [6.07, 6.45) is 4.71. The molecule has 1 heterocycles. The summed E-state index contributed by atoms with van der Waals surface area (Å²) in [6, 6.07) is 1.83. The molecule has 0 aromatic carbocycles. The molecule has 0 amide bonds. The Bertz CT molecular complexity index is 116. The number of aromatic amines is 1. The highest BCUT2D eigenvalue weighted by atomic mass is 35.5. The lowest BCUT2D eigenvalue weighted by Gasteiger charge is -1.55. The molecule has 0 radical (unpaired) electrons. The van der Waals surface area contributed by atoms with Gasteiger partial charge in [-0.3, -0.25) is 10.1 Å². The molecule has 0 bridgehead atoms. The standard InChI is InChI=1S/C3H4N2.C2H6N2.ClH/c1-2-4-5-3-1;1-4-2-3;/h1-3H,(H,4,5);2H,1H3,(H2,3,4);1H. The van der Waals surface area contributed by atoms with Crippen molar-refractivity contribution in [3.63, 3.8) is 0 Å². The maximum atomic E-state index is 4.74. The maximum absolute atomic E-state index is 4.74. The molecule has 4 nitrogen and oxygen atoms in total. The highest BCUT2D eigenvalue weighted by Crippen LogP contribution is 1.64. The van der Waals surface area contributed by atoms with Gasteiger partial charge in [-0.1, -0.05) is 0 Å². The lowest BCUT2D eigenvalue weighted by Crippen LogP contribution is -1.84. The zero-order valence-electron chi connectivity index (χ0n) is 5.69. The van der Waals surface area contributed by atoms with Gasteiger partial charge >= 0.3 is 0 Å². The molecule has 1 aromatic heterocycles.